The zero-order valence-corrected chi connectivity index (χ0v) is 38.7. The molecule has 0 aromatic rings. The number of aliphatic hydroxyl groups excluding tert-OH is 1. The van der Waals surface area contributed by atoms with E-state index in [4.69, 9.17) is 9.05 Å². The number of quaternary nitrogens is 1. The van der Waals surface area contributed by atoms with Gasteiger partial charge in [-0.3, -0.25) is 9.36 Å². The molecule has 0 fully saturated rings. The highest BCUT2D eigenvalue weighted by Crippen LogP contribution is 2.38. The van der Waals surface area contributed by atoms with Crippen LogP contribution in [-0.2, 0) is 18.4 Å². The first-order chi connectivity index (χ1) is 27.5. The first-order valence-corrected chi connectivity index (χ1v) is 25.0. The van der Waals surface area contributed by atoms with Crippen molar-refractivity contribution in [2.45, 2.75) is 212 Å². The summed E-state index contributed by atoms with van der Waals surface area (Å²) in [6.07, 6.45) is 50.3. The van der Waals surface area contributed by atoms with Crippen LogP contribution in [0.25, 0.3) is 0 Å². The third-order valence-corrected chi connectivity index (χ3v) is 11.2. The van der Waals surface area contributed by atoms with Gasteiger partial charge in [-0.2, -0.15) is 0 Å². The molecule has 0 aliphatic rings. The van der Waals surface area contributed by atoms with Gasteiger partial charge in [-0.15, -0.1) is 0 Å². The van der Waals surface area contributed by atoms with Gasteiger partial charge < -0.3 is 28.8 Å². The first-order valence-electron chi connectivity index (χ1n) is 23.5. The topological polar surface area (TPSA) is 108 Å². The van der Waals surface area contributed by atoms with Crippen molar-refractivity contribution in [2.24, 2.45) is 0 Å². The van der Waals surface area contributed by atoms with Gasteiger partial charge in [0.15, 0.2) is 0 Å². The average molecular weight is 823 g/mol. The van der Waals surface area contributed by atoms with Crippen LogP contribution in [-0.4, -0.2) is 68.5 Å². The molecule has 8 nitrogen and oxygen atoms in total. The summed E-state index contributed by atoms with van der Waals surface area (Å²) in [5.41, 5.74) is 0. The second kappa shape index (κ2) is 39.9. The molecule has 2 N–H and O–H groups in total. The predicted octanol–water partition coefficient (Wildman–Crippen LogP) is 12.6. The lowest BCUT2D eigenvalue weighted by Crippen LogP contribution is -2.45. The number of aliphatic hydroxyl groups is 1. The Morgan fingerprint density at radius 2 is 1.00 bits per heavy atom. The smallest absolute Gasteiger partial charge is 0.268 e. The van der Waals surface area contributed by atoms with Gasteiger partial charge in [0.1, 0.15) is 13.2 Å². The Morgan fingerprint density at radius 3 is 1.47 bits per heavy atom. The monoisotopic (exact) mass is 823 g/mol. The van der Waals surface area contributed by atoms with E-state index in [-0.39, 0.29) is 12.5 Å². The molecule has 3 unspecified atom stereocenters. The van der Waals surface area contributed by atoms with E-state index in [0.29, 0.717) is 17.4 Å². The number of hydrogen-bond acceptors (Lipinski definition) is 6. The van der Waals surface area contributed by atoms with E-state index >= 15 is 0 Å². The molecule has 334 valence electrons. The minimum atomic E-state index is -4.60. The van der Waals surface area contributed by atoms with Gasteiger partial charge in [-0.25, -0.2) is 0 Å². The molecule has 0 radical (unpaired) electrons. The van der Waals surface area contributed by atoms with E-state index in [1.54, 1.807) is 6.08 Å². The molecule has 9 heteroatoms. The van der Waals surface area contributed by atoms with Gasteiger partial charge in [0, 0.05) is 6.42 Å². The fourth-order valence-electron chi connectivity index (χ4n) is 6.46. The number of hydrogen-bond donors (Lipinski definition) is 2. The van der Waals surface area contributed by atoms with Gasteiger partial charge in [0.25, 0.3) is 7.82 Å². The quantitative estimate of drug-likeness (QED) is 0.0275. The Bertz CT molecular complexity index is 1070. The second-order valence-electron chi connectivity index (χ2n) is 17.1. The van der Waals surface area contributed by atoms with Crippen LogP contribution in [0.1, 0.15) is 200 Å². The van der Waals surface area contributed by atoms with E-state index in [1.165, 1.54) is 128 Å². The Labute approximate surface area is 352 Å². The summed E-state index contributed by atoms with van der Waals surface area (Å²) in [7, 11) is 1.23. The SMILES string of the molecule is CCCC/C=C/CC/C=C/CC/C=C/C(O)C(COP(=O)([O-])OCC[N+](C)(C)C)NC(=O)CCCCCCCCC/C=C\CCCCCCCCCCCCCC. The number of carbonyl (C=O) groups excluding carboxylic acids is 1. The molecule has 1 amide bonds. The number of rotatable bonds is 42. The van der Waals surface area contributed by atoms with Crippen molar-refractivity contribution in [1.29, 1.82) is 0 Å². The van der Waals surface area contributed by atoms with Crippen molar-refractivity contribution >= 4 is 13.7 Å². The van der Waals surface area contributed by atoms with Crippen LogP contribution in [0.3, 0.4) is 0 Å². The average Bonchev–Trinajstić information content (AvgIpc) is 3.16. The van der Waals surface area contributed by atoms with Gasteiger partial charge in [0.05, 0.1) is 39.9 Å². The molecule has 0 aromatic heterocycles. The molecule has 57 heavy (non-hydrogen) atoms. The molecule has 0 rings (SSSR count). The summed E-state index contributed by atoms with van der Waals surface area (Å²) in [6.45, 7) is 4.56. The molecule has 0 aromatic carbocycles. The van der Waals surface area contributed by atoms with E-state index in [1.807, 2.05) is 27.2 Å². The minimum Gasteiger partial charge on any atom is -0.756 e. The van der Waals surface area contributed by atoms with Crippen LogP contribution < -0.4 is 10.2 Å². The summed E-state index contributed by atoms with van der Waals surface area (Å²) >= 11 is 0. The Morgan fingerprint density at radius 1 is 0.596 bits per heavy atom. The Balaban J connectivity index is 4.31. The van der Waals surface area contributed by atoms with Gasteiger partial charge >= 0.3 is 0 Å². The minimum absolute atomic E-state index is 0.0109. The Kier molecular flexibility index (Phi) is 38.8. The van der Waals surface area contributed by atoms with Crippen molar-refractivity contribution in [3.05, 3.63) is 48.6 Å². The zero-order chi connectivity index (χ0) is 42.1. The zero-order valence-electron chi connectivity index (χ0n) is 37.8. The first kappa shape index (κ1) is 55.5. The molecule has 0 saturated heterocycles. The summed E-state index contributed by atoms with van der Waals surface area (Å²) in [5.74, 6) is -0.218. The lowest BCUT2D eigenvalue weighted by molar-refractivity contribution is -0.870. The molecule has 0 saturated carbocycles. The molecular formula is C48H91N2O6P. The van der Waals surface area contributed by atoms with Crippen molar-refractivity contribution in [3.8, 4) is 0 Å². The maximum atomic E-state index is 12.9. The number of allylic oxidation sites excluding steroid dienone is 7. The van der Waals surface area contributed by atoms with Gasteiger partial charge in [-0.05, 0) is 64.2 Å². The van der Waals surface area contributed by atoms with Crippen LogP contribution in [0.5, 0.6) is 0 Å². The van der Waals surface area contributed by atoms with Gasteiger partial charge in [-0.1, -0.05) is 178 Å². The maximum absolute atomic E-state index is 12.9. The molecule has 3 atom stereocenters. The van der Waals surface area contributed by atoms with Crippen molar-refractivity contribution < 1.29 is 32.9 Å². The number of phosphoric ester groups is 1. The number of amides is 1. The van der Waals surface area contributed by atoms with E-state index in [0.717, 1.165) is 51.4 Å². The molecule has 0 bridgehead atoms. The summed E-state index contributed by atoms with van der Waals surface area (Å²) < 4.78 is 23.2. The number of phosphoric acid groups is 1. The molecule has 0 aliphatic heterocycles. The third kappa shape index (κ3) is 42.4. The molecule has 0 spiro atoms. The fraction of sp³-hybridized carbons (Fsp3) is 0.812. The highest BCUT2D eigenvalue weighted by atomic mass is 31.2. The van der Waals surface area contributed by atoms with Crippen LogP contribution >= 0.6 is 7.82 Å². The largest absolute Gasteiger partial charge is 0.756 e. The van der Waals surface area contributed by atoms with Crippen LogP contribution in [0.15, 0.2) is 48.6 Å². The molecule has 0 heterocycles. The summed E-state index contributed by atoms with van der Waals surface area (Å²) in [5, 5.41) is 13.7. The highest BCUT2D eigenvalue weighted by molar-refractivity contribution is 7.45. The second-order valence-corrected chi connectivity index (χ2v) is 18.5. The third-order valence-electron chi connectivity index (χ3n) is 10.2. The van der Waals surface area contributed by atoms with Crippen LogP contribution in [0.4, 0.5) is 0 Å². The van der Waals surface area contributed by atoms with Gasteiger partial charge in [0.2, 0.25) is 5.91 Å². The number of carbonyl (C=O) groups is 1. The fourth-order valence-corrected chi connectivity index (χ4v) is 7.18. The van der Waals surface area contributed by atoms with E-state index < -0.39 is 26.6 Å². The predicted molar refractivity (Wildman–Crippen MR) is 242 cm³/mol. The summed E-state index contributed by atoms with van der Waals surface area (Å²) in [6, 6.07) is -0.911. The van der Waals surface area contributed by atoms with Crippen molar-refractivity contribution in [3.63, 3.8) is 0 Å². The van der Waals surface area contributed by atoms with E-state index in [9.17, 15) is 19.4 Å². The normalized spacial score (nSPS) is 14.7. The van der Waals surface area contributed by atoms with E-state index in [2.05, 4.69) is 55.6 Å². The van der Waals surface area contributed by atoms with Crippen molar-refractivity contribution in [2.75, 3.05) is 40.9 Å². The molecule has 0 aliphatic carbocycles. The lowest BCUT2D eigenvalue weighted by Gasteiger charge is -2.29. The number of nitrogens with one attached hydrogen (secondary N) is 1. The number of likely N-dealkylation sites (N-methyl/N-ethyl adjacent to an activating group) is 1. The van der Waals surface area contributed by atoms with Crippen LogP contribution in [0, 0.1) is 0 Å². The summed E-state index contributed by atoms with van der Waals surface area (Å²) in [4.78, 5) is 25.3. The van der Waals surface area contributed by atoms with Crippen LogP contribution in [0.2, 0.25) is 0 Å². The highest BCUT2D eigenvalue weighted by Gasteiger charge is 2.23. The number of unbranched alkanes of at least 4 members (excludes halogenated alkanes) is 23. The lowest BCUT2D eigenvalue weighted by atomic mass is 10.0. The number of nitrogens with zero attached hydrogens (tertiary/aromatic N) is 1. The Hall–Kier alpha value is -1.54. The molecular weight excluding hydrogens is 732 g/mol. The standard InChI is InChI=1S/C48H91N2O6P/c1-6-8-10-12-14-16-18-20-21-22-23-24-25-26-27-28-29-30-32-34-36-38-40-42-48(52)49-46(45-56-57(53,54)55-44-43-50(3,4)5)47(51)41-39-37-35-33-31-19-17-15-13-11-9-7-2/h13,15,26-27,31,33,39,41,46-47,51H,6-12,14,16-25,28-30,32,34-38,40,42-45H2,1-5H3,(H-,49,52,53,54)/b15-13+,27-26-,33-31+,41-39+. The van der Waals surface area contributed by atoms with Crippen molar-refractivity contribution in [1.82, 2.24) is 5.32 Å². The maximum Gasteiger partial charge on any atom is 0.268 e.